The summed E-state index contributed by atoms with van der Waals surface area (Å²) in [7, 11) is 0. The van der Waals surface area contributed by atoms with Gasteiger partial charge in [0, 0.05) is 49.6 Å². The predicted molar refractivity (Wildman–Crippen MR) is 108 cm³/mol. The number of amides is 2. The number of piperidine rings is 1. The zero-order valence-corrected chi connectivity index (χ0v) is 17.6. The molecule has 154 valence electrons. The van der Waals surface area contributed by atoms with E-state index < -0.39 is 0 Å². The standard InChI is InChI=1S/C22H39N3O2/c1-22(2,3)21(27)24-13-10-17(11-14-24)20(26)23-18-12-15-25(16-18)19-8-6-4-5-7-9-19/h17-19H,4-16H2,1-3H3,(H,23,26). The van der Waals surface area contributed by atoms with Crippen LogP contribution in [0.2, 0.25) is 0 Å². The van der Waals surface area contributed by atoms with Crippen LogP contribution in [0.3, 0.4) is 0 Å². The van der Waals surface area contributed by atoms with Gasteiger partial charge in [0.15, 0.2) is 0 Å². The minimum atomic E-state index is -0.333. The van der Waals surface area contributed by atoms with Crippen LogP contribution >= 0.6 is 0 Å². The molecule has 0 aromatic carbocycles. The lowest BCUT2D eigenvalue weighted by atomic mass is 9.90. The molecule has 1 atom stereocenters. The third-order valence-corrected chi connectivity index (χ3v) is 6.70. The van der Waals surface area contributed by atoms with Crippen molar-refractivity contribution in [2.75, 3.05) is 26.2 Å². The van der Waals surface area contributed by atoms with Gasteiger partial charge in [-0.05, 0) is 32.1 Å². The van der Waals surface area contributed by atoms with Crippen molar-refractivity contribution in [2.45, 2.75) is 90.6 Å². The van der Waals surface area contributed by atoms with E-state index in [1.807, 2.05) is 25.7 Å². The van der Waals surface area contributed by atoms with Crippen LogP contribution in [-0.4, -0.2) is 59.9 Å². The number of likely N-dealkylation sites (tertiary alicyclic amines) is 2. The Morgan fingerprint density at radius 3 is 2.07 bits per heavy atom. The minimum absolute atomic E-state index is 0.0703. The number of hydrogen-bond acceptors (Lipinski definition) is 3. The molecular weight excluding hydrogens is 338 g/mol. The lowest BCUT2D eigenvalue weighted by Crippen LogP contribution is -2.48. The lowest BCUT2D eigenvalue weighted by molar-refractivity contribution is -0.142. The average molecular weight is 378 g/mol. The van der Waals surface area contributed by atoms with Crippen LogP contribution in [0.15, 0.2) is 0 Å². The van der Waals surface area contributed by atoms with Gasteiger partial charge in [0.05, 0.1) is 0 Å². The largest absolute Gasteiger partial charge is 0.352 e. The van der Waals surface area contributed by atoms with Crippen molar-refractivity contribution in [3.8, 4) is 0 Å². The summed E-state index contributed by atoms with van der Waals surface area (Å²) in [6, 6.07) is 1.05. The average Bonchev–Trinajstić information content (AvgIpc) is 2.93. The van der Waals surface area contributed by atoms with Crippen molar-refractivity contribution in [1.82, 2.24) is 15.1 Å². The molecule has 2 heterocycles. The van der Waals surface area contributed by atoms with Crippen molar-refractivity contribution in [2.24, 2.45) is 11.3 Å². The first-order valence-corrected chi connectivity index (χ1v) is 11.2. The van der Waals surface area contributed by atoms with Gasteiger partial charge in [-0.3, -0.25) is 14.5 Å². The Bertz CT molecular complexity index is 512. The maximum absolute atomic E-state index is 12.7. The van der Waals surface area contributed by atoms with E-state index in [0.29, 0.717) is 19.1 Å². The second-order valence-electron chi connectivity index (χ2n) is 9.95. The van der Waals surface area contributed by atoms with Gasteiger partial charge in [0.25, 0.3) is 0 Å². The van der Waals surface area contributed by atoms with Gasteiger partial charge in [0.2, 0.25) is 11.8 Å². The first kappa shape index (κ1) is 20.6. The van der Waals surface area contributed by atoms with Gasteiger partial charge in [-0.1, -0.05) is 46.5 Å². The van der Waals surface area contributed by atoms with Crippen molar-refractivity contribution in [3.63, 3.8) is 0 Å². The van der Waals surface area contributed by atoms with Crippen molar-refractivity contribution >= 4 is 11.8 Å². The summed E-state index contributed by atoms with van der Waals surface area (Å²) < 4.78 is 0. The molecular formula is C22H39N3O2. The quantitative estimate of drug-likeness (QED) is 0.769. The van der Waals surface area contributed by atoms with E-state index >= 15 is 0 Å². The molecule has 27 heavy (non-hydrogen) atoms. The molecule has 5 heteroatoms. The predicted octanol–water partition coefficient (Wildman–Crippen LogP) is 3.18. The van der Waals surface area contributed by atoms with Crippen LogP contribution < -0.4 is 5.32 Å². The monoisotopic (exact) mass is 377 g/mol. The number of nitrogens with one attached hydrogen (secondary N) is 1. The third-order valence-electron chi connectivity index (χ3n) is 6.70. The molecule has 0 spiro atoms. The second kappa shape index (κ2) is 8.93. The summed E-state index contributed by atoms with van der Waals surface area (Å²) >= 11 is 0. The highest BCUT2D eigenvalue weighted by molar-refractivity contribution is 5.82. The molecule has 2 aliphatic heterocycles. The highest BCUT2D eigenvalue weighted by Gasteiger charge is 2.34. The van der Waals surface area contributed by atoms with E-state index in [1.165, 1.54) is 38.5 Å². The van der Waals surface area contributed by atoms with Crippen molar-refractivity contribution in [1.29, 1.82) is 0 Å². The topological polar surface area (TPSA) is 52.7 Å². The van der Waals surface area contributed by atoms with Crippen LogP contribution in [0.5, 0.6) is 0 Å². The molecule has 0 radical (unpaired) electrons. The van der Waals surface area contributed by atoms with Gasteiger partial charge >= 0.3 is 0 Å². The molecule has 1 saturated carbocycles. The Morgan fingerprint density at radius 2 is 1.48 bits per heavy atom. The van der Waals surface area contributed by atoms with E-state index in [2.05, 4.69) is 10.2 Å². The number of carbonyl (C=O) groups is 2. The molecule has 1 unspecified atom stereocenters. The molecule has 2 saturated heterocycles. The SMILES string of the molecule is CC(C)(C)C(=O)N1CCC(C(=O)NC2CCN(C3CCCCCC3)C2)CC1. The molecule has 5 nitrogen and oxygen atoms in total. The van der Waals surface area contributed by atoms with Crippen molar-refractivity contribution in [3.05, 3.63) is 0 Å². The molecule has 1 aliphatic carbocycles. The number of nitrogens with zero attached hydrogens (tertiary/aromatic N) is 2. The minimum Gasteiger partial charge on any atom is -0.352 e. The summed E-state index contributed by atoms with van der Waals surface area (Å²) in [4.78, 5) is 29.7. The molecule has 3 aliphatic rings. The Morgan fingerprint density at radius 1 is 0.852 bits per heavy atom. The van der Waals surface area contributed by atoms with E-state index in [9.17, 15) is 9.59 Å². The second-order valence-corrected chi connectivity index (χ2v) is 9.95. The van der Waals surface area contributed by atoms with Gasteiger partial charge < -0.3 is 10.2 Å². The van der Waals surface area contributed by atoms with Crippen LogP contribution in [0.25, 0.3) is 0 Å². The fourth-order valence-electron chi connectivity index (χ4n) is 5.00. The Balaban J connectivity index is 1.42. The number of hydrogen-bond donors (Lipinski definition) is 1. The molecule has 0 aromatic heterocycles. The smallest absolute Gasteiger partial charge is 0.227 e. The van der Waals surface area contributed by atoms with Crippen LogP contribution in [0, 0.1) is 11.3 Å². The number of rotatable bonds is 3. The fraction of sp³-hybridized carbons (Fsp3) is 0.909. The van der Waals surface area contributed by atoms with Gasteiger partial charge in [-0.2, -0.15) is 0 Å². The Hall–Kier alpha value is -1.10. The molecule has 2 amide bonds. The first-order valence-electron chi connectivity index (χ1n) is 11.2. The Labute approximate surface area is 165 Å². The zero-order valence-electron chi connectivity index (χ0n) is 17.6. The lowest BCUT2D eigenvalue weighted by Gasteiger charge is -2.35. The van der Waals surface area contributed by atoms with Gasteiger partial charge in [0.1, 0.15) is 0 Å². The highest BCUT2D eigenvalue weighted by Crippen LogP contribution is 2.26. The molecule has 3 rings (SSSR count). The summed E-state index contributed by atoms with van der Waals surface area (Å²) in [5.74, 6) is 0.489. The first-order chi connectivity index (χ1) is 12.8. The van der Waals surface area contributed by atoms with Crippen LogP contribution in [-0.2, 0) is 9.59 Å². The Kier molecular flexibility index (Phi) is 6.83. The summed E-state index contributed by atoms with van der Waals surface area (Å²) in [5, 5.41) is 3.32. The van der Waals surface area contributed by atoms with Crippen LogP contribution in [0.4, 0.5) is 0 Å². The van der Waals surface area contributed by atoms with Crippen molar-refractivity contribution < 1.29 is 9.59 Å². The summed E-state index contributed by atoms with van der Waals surface area (Å²) in [6.45, 7) is 9.49. The highest BCUT2D eigenvalue weighted by atomic mass is 16.2. The zero-order chi connectivity index (χ0) is 19.4. The van der Waals surface area contributed by atoms with E-state index in [4.69, 9.17) is 0 Å². The number of carbonyl (C=O) groups excluding carboxylic acids is 2. The molecule has 3 fully saturated rings. The van der Waals surface area contributed by atoms with E-state index in [0.717, 1.165) is 38.4 Å². The molecule has 0 bridgehead atoms. The maximum atomic E-state index is 12.7. The van der Waals surface area contributed by atoms with Crippen LogP contribution in [0.1, 0.15) is 78.6 Å². The van der Waals surface area contributed by atoms with E-state index in [1.54, 1.807) is 0 Å². The maximum Gasteiger partial charge on any atom is 0.227 e. The summed E-state index contributed by atoms with van der Waals surface area (Å²) in [6.07, 6.45) is 10.9. The molecule has 1 N–H and O–H groups in total. The fourth-order valence-corrected chi connectivity index (χ4v) is 5.00. The molecule has 0 aromatic rings. The third kappa shape index (κ3) is 5.46. The van der Waals surface area contributed by atoms with Gasteiger partial charge in [-0.15, -0.1) is 0 Å². The van der Waals surface area contributed by atoms with E-state index in [-0.39, 0.29) is 23.1 Å². The summed E-state index contributed by atoms with van der Waals surface area (Å²) in [5.41, 5.74) is -0.333. The normalized spacial score (nSPS) is 26.8. The van der Waals surface area contributed by atoms with Gasteiger partial charge in [-0.25, -0.2) is 0 Å².